The van der Waals surface area contributed by atoms with Crippen LogP contribution in [0.5, 0.6) is 5.88 Å². The molecular weight excluding hydrogens is 246 g/mol. The Morgan fingerprint density at radius 2 is 2.11 bits per heavy atom. The van der Waals surface area contributed by atoms with E-state index in [9.17, 15) is 4.79 Å². The van der Waals surface area contributed by atoms with Gasteiger partial charge in [0.25, 0.3) is 0 Å². The molecular formula is C13H21N3O3. The Labute approximate surface area is 113 Å². The van der Waals surface area contributed by atoms with Crippen LogP contribution in [0.3, 0.4) is 0 Å². The molecule has 1 rings (SSSR count). The van der Waals surface area contributed by atoms with E-state index >= 15 is 0 Å². The van der Waals surface area contributed by atoms with Crippen molar-refractivity contribution in [3.8, 4) is 5.88 Å². The van der Waals surface area contributed by atoms with Crippen LogP contribution in [0, 0.1) is 0 Å². The highest BCUT2D eigenvalue weighted by atomic mass is 16.6. The smallest absolute Gasteiger partial charge is 0.407 e. The van der Waals surface area contributed by atoms with Gasteiger partial charge >= 0.3 is 6.09 Å². The lowest BCUT2D eigenvalue weighted by Gasteiger charge is -2.19. The third-order valence-electron chi connectivity index (χ3n) is 2.07. The summed E-state index contributed by atoms with van der Waals surface area (Å²) < 4.78 is 10.2. The Hall–Kier alpha value is -1.98. The molecule has 0 aliphatic carbocycles. The van der Waals surface area contributed by atoms with Crippen LogP contribution in [0.15, 0.2) is 18.3 Å². The molecule has 1 heterocycles. The molecule has 0 spiro atoms. The molecule has 106 valence electrons. The Balaban J connectivity index is 2.29. The van der Waals surface area contributed by atoms with E-state index in [1.807, 2.05) is 32.9 Å². The van der Waals surface area contributed by atoms with Gasteiger partial charge < -0.3 is 20.1 Å². The summed E-state index contributed by atoms with van der Waals surface area (Å²) in [5.41, 5.74) is 0.306. The summed E-state index contributed by atoms with van der Waals surface area (Å²) in [5, 5.41) is 5.79. The predicted octanol–water partition coefficient (Wildman–Crippen LogP) is 2.03. The zero-order valence-corrected chi connectivity index (χ0v) is 11.8. The summed E-state index contributed by atoms with van der Waals surface area (Å²) in [6.07, 6.45) is 1.23. The molecule has 0 fully saturated rings. The molecule has 0 unspecified atom stereocenters. The fraction of sp³-hybridized carbons (Fsp3) is 0.538. The van der Waals surface area contributed by atoms with Gasteiger partial charge in [-0.3, -0.25) is 0 Å². The Bertz CT molecular complexity index is 416. The van der Waals surface area contributed by atoms with E-state index in [0.29, 0.717) is 19.0 Å². The number of methoxy groups -OCH3 is 1. The number of carbonyl (C=O) groups excluding carboxylic acids is 1. The minimum atomic E-state index is -0.482. The van der Waals surface area contributed by atoms with Crippen molar-refractivity contribution < 1.29 is 14.3 Å². The van der Waals surface area contributed by atoms with Crippen LogP contribution in [-0.4, -0.2) is 36.9 Å². The van der Waals surface area contributed by atoms with Gasteiger partial charge in [0.05, 0.1) is 12.8 Å². The number of ether oxygens (including phenoxy) is 2. The van der Waals surface area contributed by atoms with Crippen molar-refractivity contribution >= 4 is 11.8 Å². The molecule has 0 saturated carbocycles. The first-order valence-corrected chi connectivity index (χ1v) is 6.12. The zero-order chi connectivity index (χ0) is 14.3. The zero-order valence-electron chi connectivity index (χ0n) is 11.8. The summed E-state index contributed by atoms with van der Waals surface area (Å²) in [6.45, 7) is 6.48. The van der Waals surface area contributed by atoms with Crippen LogP contribution in [0.25, 0.3) is 0 Å². The SMILES string of the molecule is COc1ncccc1NCCNC(=O)OC(C)(C)C. The Morgan fingerprint density at radius 1 is 1.37 bits per heavy atom. The second kappa shape index (κ2) is 6.82. The van der Waals surface area contributed by atoms with Crippen molar-refractivity contribution in [2.24, 2.45) is 0 Å². The molecule has 6 nitrogen and oxygen atoms in total. The highest BCUT2D eigenvalue weighted by Gasteiger charge is 2.15. The van der Waals surface area contributed by atoms with Gasteiger partial charge in [0.1, 0.15) is 5.60 Å². The Kier molecular flexibility index (Phi) is 5.41. The third kappa shape index (κ3) is 5.94. The van der Waals surface area contributed by atoms with Crippen molar-refractivity contribution in [3.05, 3.63) is 18.3 Å². The van der Waals surface area contributed by atoms with Crippen molar-refractivity contribution in [2.45, 2.75) is 26.4 Å². The van der Waals surface area contributed by atoms with Gasteiger partial charge in [-0.15, -0.1) is 0 Å². The second-order valence-corrected chi connectivity index (χ2v) is 4.92. The largest absolute Gasteiger partial charge is 0.480 e. The van der Waals surface area contributed by atoms with Gasteiger partial charge in [-0.25, -0.2) is 9.78 Å². The van der Waals surface area contributed by atoms with Gasteiger partial charge in [-0.2, -0.15) is 0 Å². The van der Waals surface area contributed by atoms with Crippen LogP contribution >= 0.6 is 0 Å². The topological polar surface area (TPSA) is 72.5 Å². The van der Waals surface area contributed by atoms with Gasteiger partial charge in [0.2, 0.25) is 5.88 Å². The molecule has 0 radical (unpaired) electrons. The molecule has 1 aromatic heterocycles. The maximum atomic E-state index is 11.4. The summed E-state index contributed by atoms with van der Waals surface area (Å²) in [6, 6.07) is 3.67. The monoisotopic (exact) mass is 267 g/mol. The number of carbonyl (C=O) groups is 1. The summed E-state index contributed by atoms with van der Waals surface area (Å²) in [4.78, 5) is 15.5. The van der Waals surface area contributed by atoms with Crippen LogP contribution in [0.4, 0.5) is 10.5 Å². The molecule has 0 aliphatic rings. The molecule has 0 saturated heterocycles. The molecule has 0 atom stereocenters. The minimum Gasteiger partial charge on any atom is -0.480 e. The van der Waals surface area contributed by atoms with Gasteiger partial charge in [-0.05, 0) is 32.9 Å². The van der Waals surface area contributed by atoms with Gasteiger partial charge in [0.15, 0.2) is 0 Å². The van der Waals surface area contributed by atoms with Gasteiger partial charge in [-0.1, -0.05) is 0 Å². The van der Waals surface area contributed by atoms with E-state index in [0.717, 1.165) is 5.69 Å². The number of aromatic nitrogens is 1. The third-order valence-corrected chi connectivity index (χ3v) is 2.07. The second-order valence-electron chi connectivity index (χ2n) is 4.92. The fourth-order valence-electron chi connectivity index (χ4n) is 1.36. The molecule has 1 amide bonds. The van der Waals surface area contributed by atoms with Crippen LogP contribution in [-0.2, 0) is 4.74 Å². The lowest BCUT2D eigenvalue weighted by atomic mass is 10.2. The van der Waals surface area contributed by atoms with E-state index in [1.165, 1.54) is 0 Å². The number of nitrogens with one attached hydrogen (secondary N) is 2. The number of hydrogen-bond donors (Lipinski definition) is 2. The predicted molar refractivity (Wildman–Crippen MR) is 73.5 cm³/mol. The van der Waals surface area contributed by atoms with E-state index in [1.54, 1.807) is 13.3 Å². The highest BCUT2D eigenvalue weighted by molar-refractivity contribution is 5.67. The van der Waals surface area contributed by atoms with E-state index in [-0.39, 0.29) is 0 Å². The molecule has 2 N–H and O–H groups in total. The van der Waals surface area contributed by atoms with Crippen molar-refractivity contribution in [3.63, 3.8) is 0 Å². The first kappa shape index (κ1) is 15.1. The van der Waals surface area contributed by atoms with Crippen LogP contribution in [0.1, 0.15) is 20.8 Å². The van der Waals surface area contributed by atoms with E-state index in [4.69, 9.17) is 9.47 Å². The van der Waals surface area contributed by atoms with Crippen molar-refractivity contribution in [1.29, 1.82) is 0 Å². The first-order chi connectivity index (χ1) is 8.92. The summed E-state index contributed by atoms with van der Waals surface area (Å²) in [7, 11) is 1.56. The molecule has 6 heteroatoms. The first-order valence-electron chi connectivity index (χ1n) is 6.12. The number of alkyl carbamates (subject to hydrolysis) is 1. The van der Waals surface area contributed by atoms with E-state index < -0.39 is 11.7 Å². The normalized spacial score (nSPS) is 10.7. The summed E-state index contributed by atoms with van der Waals surface area (Å²) in [5.74, 6) is 0.528. The average molecular weight is 267 g/mol. The molecule has 0 aliphatic heterocycles. The molecule has 0 bridgehead atoms. The number of amides is 1. The number of rotatable bonds is 5. The standard InChI is InChI=1S/C13H21N3O3/c1-13(2,3)19-12(17)16-9-8-14-10-6-5-7-15-11(10)18-4/h5-7,14H,8-9H2,1-4H3,(H,16,17). The lowest BCUT2D eigenvalue weighted by Crippen LogP contribution is -2.35. The Morgan fingerprint density at radius 3 is 2.74 bits per heavy atom. The van der Waals surface area contributed by atoms with Crippen LogP contribution in [0.2, 0.25) is 0 Å². The van der Waals surface area contributed by atoms with Crippen molar-refractivity contribution in [2.75, 3.05) is 25.5 Å². The maximum Gasteiger partial charge on any atom is 0.407 e. The quantitative estimate of drug-likeness (QED) is 0.799. The lowest BCUT2D eigenvalue weighted by molar-refractivity contribution is 0.0530. The average Bonchev–Trinajstić information content (AvgIpc) is 2.33. The maximum absolute atomic E-state index is 11.4. The van der Waals surface area contributed by atoms with E-state index in [2.05, 4.69) is 15.6 Å². The van der Waals surface area contributed by atoms with Crippen molar-refractivity contribution in [1.82, 2.24) is 10.3 Å². The number of pyridine rings is 1. The van der Waals surface area contributed by atoms with Gasteiger partial charge in [0, 0.05) is 19.3 Å². The highest BCUT2D eigenvalue weighted by Crippen LogP contribution is 2.18. The number of nitrogens with zero attached hydrogens (tertiary/aromatic N) is 1. The molecule has 1 aromatic rings. The molecule has 0 aromatic carbocycles. The minimum absolute atomic E-state index is 0.424. The molecule has 19 heavy (non-hydrogen) atoms. The fourth-order valence-corrected chi connectivity index (χ4v) is 1.36. The van der Waals surface area contributed by atoms with Crippen LogP contribution < -0.4 is 15.4 Å². The summed E-state index contributed by atoms with van der Waals surface area (Å²) >= 11 is 0. The number of anilines is 1. The number of hydrogen-bond acceptors (Lipinski definition) is 5.